The van der Waals surface area contributed by atoms with Gasteiger partial charge in [0.25, 0.3) is 0 Å². The van der Waals surface area contributed by atoms with Crippen molar-refractivity contribution in [2.75, 3.05) is 0 Å². The molecule has 5 heteroatoms. The average Bonchev–Trinajstić information content (AvgIpc) is 3.72. The number of benzene rings is 6. The molecule has 0 amide bonds. The second-order valence-electron chi connectivity index (χ2n) is 11.4. The van der Waals surface area contributed by atoms with Gasteiger partial charge in [0, 0.05) is 50.4 Å². The van der Waals surface area contributed by atoms with E-state index in [1.165, 1.54) is 21.7 Å². The van der Waals surface area contributed by atoms with E-state index in [0.29, 0.717) is 17.5 Å². The third kappa shape index (κ3) is 4.29. The minimum absolute atomic E-state index is 0.635. The minimum Gasteiger partial charge on any atom is -0.316 e. The van der Waals surface area contributed by atoms with Gasteiger partial charge in [-0.1, -0.05) is 115 Å². The molecule has 0 unspecified atom stereocenters. The van der Waals surface area contributed by atoms with E-state index < -0.39 is 0 Å². The Morgan fingerprint density at radius 3 is 1.63 bits per heavy atom. The molecule has 0 saturated heterocycles. The zero-order valence-corrected chi connectivity index (χ0v) is 24.8. The van der Waals surface area contributed by atoms with Crippen LogP contribution in [0.25, 0.3) is 78.2 Å². The van der Waals surface area contributed by atoms with E-state index in [-0.39, 0.29) is 0 Å². The van der Waals surface area contributed by atoms with Gasteiger partial charge in [-0.15, -0.1) is 0 Å². The van der Waals surface area contributed by atoms with Gasteiger partial charge in [0.15, 0.2) is 17.5 Å². The van der Waals surface area contributed by atoms with Crippen LogP contribution >= 0.6 is 0 Å². The summed E-state index contributed by atoms with van der Waals surface area (Å²) in [5.74, 6) is 1.93. The molecule has 0 aliphatic carbocycles. The summed E-state index contributed by atoms with van der Waals surface area (Å²) in [7, 11) is 0. The maximum absolute atomic E-state index is 5.00. The second kappa shape index (κ2) is 10.7. The molecule has 0 bridgehead atoms. The topological polar surface area (TPSA) is 48.5 Å². The van der Waals surface area contributed by atoms with Gasteiger partial charge in [-0.05, 0) is 42.5 Å². The summed E-state index contributed by atoms with van der Waals surface area (Å²) in [5.41, 5.74) is 8.51. The third-order valence-corrected chi connectivity index (χ3v) is 8.60. The first-order chi connectivity index (χ1) is 22.8. The van der Waals surface area contributed by atoms with Gasteiger partial charge in [0.05, 0.1) is 16.6 Å². The Morgan fingerprint density at radius 1 is 0.370 bits per heavy atom. The summed E-state index contributed by atoms with van der Waals surface area (Å²) in [6.07, 6.45) is 2.17. The number of aromatic nitrogens is 5. The molecule has 46 heavy (non-hydrogen) atoms. The molecule has 0 spiro atoms. The van der Waals surface area contributed by atoms with Crippen molar-refractivity contribution in [1.29, 1.82) is 0 Å². The maximum Gasteiger partial charge on any atom is 0.164 e. The minimum atomic E-state index is 0.635. The predicted octanol–water partition coefficient (Wildman–Crippen LogP) is 9.91. The van der Waals surface area contributed by atoms with E-state index in [1.54, 1.807) is 0 Å². The molecule has 6 aromatic carbocycles. The third-order valence-electron chi connectivity index (χ3n) is 8.60. The van der Waals surface area contributed by atoms with Gasteiger partial charge in [-0.25, -0.2) is 15.0 Å². The molecule has 9 aromatic rings. The van der Waals surface area contributed by atoms with Crippen LogP contribution in [0.2, 0.25) is 0 Å². The lowest BCUT2D eigenvalue weighted by molar-refractivity contribution is 1.07. The van der Waals surface area contributed by atoms with Crippen LogP contribution in [0.1, 0.15) is 0 Å². The molecule has 0 aliphatic rings. The van der Waals surface area contributed by atoms with E-state index >= 15 is 0 Å². The van der Waals surface area contributed by atoms with Crippen molar-refractivity contribution >= 4 is 32.7 Å². The number of hydrogen-bond acceptors (Lipinski definition) is 3. The maximum atomic E-state index is 5.00. The van der Waals surface area contributed by atoms with Crippen molar-refractivity contribution < 1.29 is 0 Å². The van der Waals surface area contributed by atoms with Crippen LogP contribution in [0.3, 0.4) is 0 Å². The quantitative estimate of drug-likeness (QED) is 0.201. The Labute approximate surface area is 265 Å². The van der Waals surface area contributed by atoms with Gasteiger partial charge >= 0.3 is 0 Å². The molecule has 216 valence electrons. The first-order valence-electron chi connectivity index (χ1n) is 15.4. The SMILES string of the molecule is c1ccc(-c2nc(-c3ccccc3)nc(-c3cccc(-n4c5ccccc5c5ccc6c(ccn6-c6ccccc6)c54)c3)n2)cc1. The van der Waals surface area contributed by atoms with E-state index in [2.05, 4.69) is 112 Å². The molecule has 0 atom stereocenters. The monoisotopic (exact) mass is 589 g/mol. The van der Waals surface area contributed by atoms with E-state index in [1.807, 2.05) is 60.7 Å². The van der Waals surface area contributed by atoms with Crippen LogP contribution < -0.4 is 0 Å². The highest BCUT2D eigenvalue weighted by atomic mass is 15.0. The van der Waals surface area contributed by atoms with E-state index in [0.717, 1.165) is 39.1 Å². The second-order valence-corrected chi connectivity index (χ2v) is 11.4. The zero-order chi connectivity index (χ0) is 30.5. The fourth-order valence-electron chi connectivity index (χ4n) is 6.48. The Hall–Kier alpha value is -6.33. The fraction of sp³-hybridized carbons (Fsp3) is 0. The van der Waals surface area contributed by atoms with Crippen LogP contribution in [0, 0.1) is 0 Å². The molecular formula is C41H27N5. The lowest BCUT2D eigenvalue weighted by Crippen LogP contribution is -2.01. The first kappa shape index (κ1) is 26.1. The van der Waals surface area contributed by atoms with Gasteiger partial charge in [-0.3, -0.25) is 0 Å². The van der Waals surface area contributed by atoms with Crippen molar-refractivity contribution in [1.82, 2.24) is 24.1 Å². The van der Waals surface area contributed by atoms with Crippen molar-refractivity contribution in [2.24, 2.45) is 0 Å². The molecule has 0 aliphatic heterocycles. The Morgan fingerprint density at radius 2 is 0.935 bits per heavy atom. The van der Waals surface area contributed by atoms with Crippen molar-refractivity contribution in [2.45, 2.75) is 0 Å². The summed E-state index contributed by atoms with van der Waals surface area (Å²) in [4.78, 5) is 14.9. The number of rotatable bonds is 5. The summed E-state index contributed by atoms with van der Waals surface area (Å²) in [6.45, 7) is 0. The lowest BCUT2D eigenvalue weighted by atomic mass is 10.1. The number of para-hydroxylation sites is 2. The summed E-state index contributed by atoms with van der Waals surface area (Å²) < 4.78 is 4.64. The zero-order valence-electron chi connectivity index (χ0n) is 24.8. The molecule has 0 N–H and O–H groups in total. The Balaban J connectivity index is 1.27. The standard InChI is InChI=1S/C41H27N5/c1-4-13-28(14-5-1)39-42-40(29-15-6-2-7-16-29)44-41(43-39)30-17-12-20-32(27-30)46-37-22-11-10-21-33(37)34-23-24-36-35(38(34)46)25-26-45(36)31-18-8-3-9-19-31/h1-27H. The molecule has 0 saturated carbocycles. The van der Waals surface area contributed by atoms with Gasteiger partial charge in [0.1, 0.15) is 0 Å². The Bertz CT molecular complexity index is 2460. The van der Waals surface area contributed by atoms with Gasteiger partial charge in [-0.2, -0.15) is 0 Å². The number of nitrogens with zero attached hydrogens (tertiary/aromatic N) is 5. The Kier molecular flexibility index (Phi) is 6.06. The van der Waals surface area contributed by atoms with Gasteiger partial charge in [0.2, 0.25) is 0 Å². The number of hydrogen-bond donors (Lipinski definition) is 0. The molecule has 3 heterocycles. The molecular weight excluding hydrogens is 562 g/mol. The average molecular weight is 590 g/mol. The lowest BCUT2D eigenvalue weighted by Gasteiger charge is -2.12. The van der Waals surface area contributed by atoms with Crippen molar-refractivity contribution in [3.8, 4) is 45.5 Å². The first-order valence-corrected chi connectivity index (χ1v) is 15.4. The van der Waals surface area contributed by atoms with Crippen LogP contribution in [0.5, 0.6) is 0 Å². The highest BCUT2D eigenvalue weighted by Crippen LogP contribution is 2.38. The normalized spacial score (nSPS) is 11.5. The van der Waals surface area contributed by atoms with Crippen LogP contribution in [-0.2, 0) is 0 Å². The highest BCUT2D eigenvalue weighted by Gasteiger charge is 2.18. The highest BCUT2D eigenvalue weighted by molar-refractivity contribution is 6.18. The molecule has 3 aromatic heterocycles. The fourth-order valence-corrected chi connectivity index (χ4v) is 6.48. The smallest absolute Gasteiger partial charge is 0.164 e. The summed E-state index contributed by atoms with van der Waals surface area (Å²) >= 11 is 0. The van der Waals surface area contributed by atoms with Crippen LogP contribution in [0.15, 0.2) is 164 Å². The summed E-state index contributed by atoms with van der Waals surface area (Å²) in [5, 5.41) is 3.63. The van der Waals surface area contributed by atoms with Gasteiger partial charge < -0.3 is 9.13 Å². The molecule has 5 nitrogen and oxygen atoms in total. The van der Waals surface area contributed by atoms with Crippen LogP contribution in [0.4, 0.5) is 0 Å². The van der Waals surface area contributed by atoms with Crippen molar-refractivity contribution in [3.05, 3.63) is 164 Å². The molecule has 0 radical (unpaired) electrons. The molecule has 0 fully saturated rings. The number of fused-ring (bicyclic) bond motifs is 5. The van der Waals surface area contributed by atoms with E-state index in [4.69, 9.17) is 15.0 Å². The van der Waals surface area contributed by atoms with E-state index in [9.17, 15) is 0 Å². The predicted molar refractivity (Wildman–Crippen MR) is 187 cm³/mol. The largest absolute Gasteiger partial charge is 0.316 e. The molecule has 9 rings (SSSR count). The van der Waals surface area contributed by atoms with Crippen molar-refractivity contribution in [3.63, 3.8) is 0 Å². The summed E-state index contributed by atoms with van der Waals surface area (Å²) in [6, 6.07) is 54.6. The van der Waals surface area contributed by atoms with Crippen LogP contribution in [-0.4, -0.2) is 24.1 Å².